The van der Waals surface area contributed by atoms with Crippen LogP contribution in [0.5, 0.6) is 0 Å². The van der Waals surface area contributed by atoms with Crippen molar-refractivity contribution in [1.82, 2.24) is 9.97 Å². The van der Waals surface area contributed by atoms with Crippen LogP contribution in [-0.2, 0) is 6.54 Å². The van der Waals surface area contributed by atoms with Crippen LogP contribution >= 0.6 is 22.9 Å². The molecule has 1 fully saturated rings. The largest absolute Gasteiger partial charge is 0.349 e. The van der Waals surface area contributed by atoms with Crippen LogP contribution in [0.4, 0.5) is 5.82 Å². The van der Waals surface area contributed by atoms with E-state index in [1.54, 1.807) is 17.7 Å². The topological polar surface area (TPSA) is 29.0 Å². The quantitative estimate of drug-likeness (QED) is 0.762. The molecule has 1 aliphatic carbocycles. The summed E-state index contributed by atoms with van der Waals surface area (Å²) in [5.74, 6) is 1.33. The van der Waals surface area contributed by atoms with Crippen molar-refractivity contribution in [1.29, 1.82) is 0 Å². The maximum absolute atomic E-state index is 6.30. The second-order valence-corrected chi connectivity index (χ2v) is 6.69. The molecule has 3 rings (SSSR count). The predicted molar refractivity (Wildman–Crippen MR) is 84.7 cm³/mol. The maximum Gasteiger partial charge on any atom is 0.138 e. The summed E-state index contributed by atoms with van der Waals surface area (Å²) >= 11 is 8.04. The molecule has 0 spiro atoms. The number of thiophene rings is 1. The summed E-state index contributed by atoms with van der Waals surface area (Å²) in [6.07, 6.45) is 4.05. The zero-order valence-corrected chi connectivity index (χ0v) is 13.3. The molecular weight excluding hydrogens is 290 g/mol. The van der Waals surface area contributed by atoms with Gasteiger partial charge in [-0.2, -0.15) is 11.3 Å². The van der Waals surface area contributed by atoms with Gasteiger partial charge < -0.3 is 4.90 Å². The fourth-order valence-corrected chi connectivity index (χ4v) is 3.44. The normalized spacial score (nSPS) is 14.8. The number of aromatic nitrogens is 2. The molecule has 0 unspecified atom stereocenters. The minimum Gasteiger partial charge on any atom is -0.349 e. The molecule has 0 bridgehead atoms. The Kier molecular flexibility index (Phi) is 3.94. The van der Waals surface area contributed by atoms with Crippen LogP contribution in [0.1, 0.15) is 43.7 Å². The van der Waals surface area contributed by atoms with Gasteiger partial charge in [0.15, 0.2) is 0 Å². The minimum absolute atomic E-state index is 0.322. The SMILES string of the molecule is CC(C)c1c(Cl)ncnc1N(Cc1ccsc1)C1CC1. The number of hydrogen-bond acceptors (Lipinski definition) is 4. The summed E-state index contributed by atoms with van der Waals surface area (Å²) in [7, 11) is 0. The van der Waals surface area contributed by atoms with Crippen LogP contribution < -0.4 is 4.90 Å². The van der Waals surface area contributed by atoms with Gasteiger partial charge in [-0.05, 0) is 41.1 Å². The Balaban J connectivity index is 1.97. The van der Waals surface area contributed by atoms with E-state index < -0.39 is 0 Å². The molecule has 106 valence electrons. The van der Waals surface area contributed by atoms with Crippen molar-refractivity contribution in [3.63, 3.8) is 0 Å². The van der Waals surface area contributed by atoms with Gasteiger partial charge in [0, 0.05) is 18.2 Å². The molecule has 1 saturated carbocycles. The summed E-state index contributed by atoms with van der Waals surface area (Å²) in [4.78, 5) is 11.1. The number of rotatable bonds is 5. The molecule has 2 aromatic heterocycles. The number of hydrogen-bond donors (Lipinski definition) is 0. The fourth-order valence-electron chi connectivity index (χ4n) is 2.43. The second kappa shape index (κ2) is 5.70. The monoisotopic (exact) mass is 307 g/mol. The van der Waals surface area contributed by atoms with Crippen LogP contribution in [0.3, 0.4) is 0 Å². The Morgan fingerprint density at radius 2 is 2.20 bits per heavy atom. The highest BCUT2D eigenvalue weighted by Crippen LogP contribution is 2.38. The summed E-state index contributed by atoms with van der Waals surface area (Å²) in [5, 5.41) is 4.91. The van der Waals surface area contributed by atoms with Crippen molar-refractivity contribution < 1.29 is 0 Å². The Labute approximate surface area is 128 Å². The van der Waals surface area contributed by atoms with Crippen LogP contribution in [0.25, 0.3) is 0 Å². The first-order valence-corrected chi connectivity index (χ1v) is 8.27. The zero-order valence-electron chi connectivity index (χ0n) is 11.7. The van der Waals surface area contributed by atoms with Gasteiger partial charge in [0.05, 0.1) is 0 Å². The van der Waals surface area contributed by atoms with Crippen molar-refractivity contribution in [2.75, 3.05) is 4.90 Å². The molecular formula is C15H18ClN3S. The smallest absolute Gasteiger partial charge is 0.138 e. The molecule has 2 heterocycles. The van der Waals surface area contributed by atoms with Crippen LogP contribution in [0.2, 0.25) is 5.15 Å². The molecule has 0 aromatic carbocycles. The number of nitrogens with zero attached hydrogens (tertiary/aromatic N) is 3. The summed E-state index contributed by atoms with van der Waals surface area (Å²) in [5.41, 5.74) is 2.41. The Bertz CT molecular complexity index is 579. The first-order chi connectivity index (χ1) is 9.66. The highest BCUT2D eigenvalue weighted by Gasteiger charge is 2.32. The van der Waals surface area contributed by atoms with E-state index in [2.05, 4.69) is 45.5 Å². The van der Waals surface area contributed by atoms with E-state index in [4.69, 9.17) is 11.6 Å². The van der Waals surface area contributed by atoms with Gasteiger partial charge in [-0.1, -0.05) is 25.4 Å². The molecule has 5 heteroatoms. The lowest BCUT2D eigenvalue weighted by Crippen LogP contribution is -2.27. The Hall–Kier alpha value is -1.13. The van der Waals surface area contributed by atoms with Gasteiger partial charge in [0.2, 0.25) is 0 Å². The lowest BCUT2D eigenvalue weighted by molar-refractivity contribution is 0.747. The molecule has 1 aliphatic rings. The maximum atomic E-state index is 6.30. The van der Waals surface area contributed by atoms with E-state index in [0.717, 1.165) is 17.9 Å². The van der Waals surface area contributed by atoms with Crippen LogP contribution in [0, 0.1) is 0 Å². The third kappa shape index (κ3) is 2.81. The molecule has 0 atom stereocenters. The number of halogens is 1. The zero-order chi connectivity index (χ0) is 14.1. The van der Waals surface area contributed by atoms with Crippen LogP contribution in [-0.4, -0.2) is 16.0 Å². The highest BCUT2D eigenvalue weighted by molar-refractivity contribution is 7.07. The van der Waals surface area contributed by atoms with Gasteiger partial charge >= 0.3 is 0 Å². The first-order valence-electron chi connectivity index (χ1n) is 6.95. The van der Waals surface area contributed by atoms with E-state index in [-0.39, 0.29) is 0 Å². The van der Waals surface area contributed by atoms with E-state index in [1.807, 2.05) is 0 Å². The third-order valence-corrected chi connectivity index (χ3v) is 4.62. The Morgan fingerprint density at radius 3 is 2.80 bits per heavy atom. The average Bonchev–Trinajstić information content (AvgIpc) is 3.12. The van der Waals surface area contributed by atoms with E-state index >= 15 is 0 Å². The highest BCUT2D eigenvalue weighted by atomic mass is 35.5. The van der Waals surface area contributed by atoms with Crippen molar-refractivity contribution in [3.8, 4) is 0 Å². The molecule has 0 N–H and O–H groups in total. The van der Waals surface area contributed by atoms with Gasteiger partial charge in [-0.25, -0.2) is 9.97 Å². The molecule has 3 nitrogen and oxygen atoms in total. The third-order valence-electron chi connectivity index (χ3n) is 3.58. The second-order valence-electron chi connectivity index (χ2n) is 5.55. The molecule has 0 radical (unpaired) electrons. The van der Waals surface area contributed by atoms with Crippen molar-refractivity contribution in [2.24, 2.45) is 0 Å². The van der Waals surface area contributed by atoms with Gasteiger partial charge in [0.25, 0.3) is 0 Å². The molecule has 0 saturated heterocycles. The van der Waals surface area contributed by atoms with Crippen LogP contribution in [0.15, 0.2) is 23.2 Å². The van der Waals surface area contributed by atoms with Crippen molar-refractivity contribution >= 4 is 28.8 Å². The lowest BCUT2D eigenvalue weighted by Gasteiger charge is -2.26. The summed E-state index contributed by atoms with van der Waals surface area (Å²) in [6.45, 7) is 5.19. The van der Waals surface area contributed by atoms with Gasteiger partial charge in [0.1, 0.15) is 17.3 Å². The number of anilines is 1. The summed E-state index contributed by atoms with van der Waals surface area (Å²) in [6, 6.07) is 2.77. The summed E-state index contributed by atoms with van der Waals surface area (Å²) < 4.78 is 0. The Morgan fingerprint density at radius 1 is 1.40 bits per heavy atom. The van der Waals surface area contributed by atoms with E-state index in [9.17, 15) is 0 Å². The van der Waals surface area contributed by atoms with E-state index in [1.165, 1.54) is 18.4 Å². The molecule has 20 heavy (non-hydrogen) atoms. The fraction of sp³-hybridized carbons (Fsp3) is 0.467. The molecule has 2 aromatic rings. The molecule has 0 amide bonds. The van der Waals surface area contributed by atoms with Crippen molar-refractivity contribution in [3.05, 3.63) is 39.4 Å². The van der Waals surface area contributed by atoms with Gasteiger partial charge in [-0.3, -0.25) is 0 Å². The first kappa shape index (κ1) is 13.8. The molecule has 0 aliphatic heterocycles. The van der Waals surface area contributed by atoms with Gasteiger partial charge in [-0.15, -0.1) is 0 Å². The predicted octanol–water partition coefficient (Wildman–Crippen LogP) is 4.48. The average molecular weight is 308 g/mol. The van der Waals surface area contributed by atoms with E-state index in [0.29, 0.717) is 17.1 Å². The minimum atomic E-state index is 0.322. The lowest BCUT2D eigenvalue weighted by atomic mass is 10.1. The standard InChI is InChI=1S/C15H18ClN3S/c1-10(2)13-14(16)17-9-18-15(13)19(12-3-4-12)7-11-5-6-20-8-11/h5-6,8-10,12H,3-4,7H2,1-2H3. The van der Waals surface area contributed by atoms with Crippen molar-refractivity contribution in [2.45, 2.75) is 45.2 Å².